The molecule has 1 N–H and O–H groups in total. The number of rotatable bonds is 5. The average Bonchev–Trinajstić information content (AvgIpc) is 3.12. The van der Waals surface area contributed by atoms with Gasteiger partial charge in [-0.3, -0.25) is 4.79 Å². The van der Waals surface area contributed by atoms with E-state index in [-0.39, 0.29) is 11.8 Å². The van der Waals surface area contributed by atoms with Crippen LogP contribution in [-0.2, 0) is 11.2 Å². The minimum absolute atomic E-state index is 0.207. The van der Waals surface area contributed by atoms with Crippen molar-refractivity contribution in [1.29, 1.82) is 0 Å². The Morgan fingerprint density at radius 2 is 2.11 bits per heavy atom. The van der Waals surface area contributed by atoms with E-state index in [1.807, 2.05) is 0 Å². The Bertz CT molecular complexity index is 450. The predicted molar refractivity (Wildman–Crippen MR) is 71.9 cm³/mol. The minimum Gasteiger partial charge on any atom is -0.496 e. The van der Waals surface area contributed by atoms with Gasteiger partial charge in [-0.2, -0.15) is 0 Å². The second kappa shape index (κ2) is 5.42. The van der Waals surface area contributed by atoms with Crippen LogP contribution in [0, 0.1) is 19.8 Å². The minimum atomic E-state index is 0.207. The van der Waals surface area contributed by atoms with Gasteiger partial charge in [0.25, 0.3) is 0 Å². The van der Waals surface area contributed by atoms with Crippen molar-refractivity contribution in [2.24, 2.45) is 5.92 Å². The molecule has 3 heteroatoms. The first-order valence-electron chi connectivity index (χ1n) is 6.53. The number of nitrogens with one attached hydrogen (secondary N) is 1. The van der Waals surface area contributed by atoms with Crippen molar-refractivity contribution in [2.45, 2.75) is 33.1 Å². The molecule has 0 bridgehead atoms. The molecule has 0 radical (unpaired) electrons. The first-order valence-corrected chi connectivity index (χ1v) is 6.53. The summed E-state index contributed by atoms with van der Waals surface area (Å²) in [7, 11) is 1.70. The van der Waals surface area contributed by atoms with Gasteiger partial charge in [-0.15, -0.1) is 0 Å². The standard InChI is InChI=1S/C15H21NO2/c1-10-8-11(2)14(18-3)13(9-10)6-7-16-15(17)12-4-5-12/h8-9,12H,4-7H2,1-3H3,(H,16,17). The monoisotopic (exact) mass is 247 g/mol. The quantitative estimate of drug-likeness (QED) is 0.867. The van der Waals surface area contributed by atoms with E-state index < -0.39 is 0 Å². The molecule has 1 aliphatic rings. The van der Waals surface area contributed by atoms with Crippen LogP contribution in [0.25, 0.3) is 0 Å². The molecule has 0 aliphatic heterocycles. The van der Waals surface area contributed by atoms with Crippen LogP contribution in [0.1, 0.15) is 29.5 Å². The molecule has 1 aromatic rings. The lowest BCUT2D eigenvalue weighted by atomic mass is 10.0. The topological polar surface area (TPSA) is 38.3 Å². The number of methoxy groups -OCH3 is 1. The molecule has 98 valence electrons. The fourth-order valence-electron chi connectivity index (χ4n) is 2.33. The Balaban J connectivity index is 1.97. The first-order chi connectivity index (χ1) is 8.61. The van der Waals surface area contributed by atoms with Crippen molar-refractivity contribution in [1.82, 2.24) is 5.32 Å². The molecule has 0 unspecified atom stereocenters. The summed E-state index contributed by atoms with van der Waals surface area (Å²) in [5.74, 6) is 1.44. The van der Waals surface area contributed by atoms with Crippen LogP contribution in [0.3, 0.4) is 0 Å². The highest BCUT2D eigenvalue weighted by molar-refractivity contribution is 5.80. The van der Waals surface area contributed by atoms with Crippen molar-refractivity contribution in [3.05, 3.63) is 28.8 Å². The molecule has 0 heterocycles. The molecule has 1 aliphatic carbocycles. The number of amides is 1. The summed E-state index contributed by atoms with van der Waals surface area (Å²) < 4.78 is 5.44. The largest absolute Gasteiger partial charge is 0.496 e. The van der Waals surface area contributed by atoms with Gasteiger partial charge < -0.3 is 10.1 Å². The van der Waals surface area contributed by atoms with Gasteiger partial charge in [-0.25, -0.2) is 0 Å². The van der Waals surface area contributed by atoms with Crippen LogP contribution in [-0.4, -0.2) is 19.6 Å². The molecule has 2 rings (SSSR count). The average molecular weight is 247 g/mol. The van der Waals surface area contributed by atoms with E-state index in [0.29, 0.717) is 6.54 Å². The van der Waals surface area contributed by atoms with Gasteiger partial charge in [0.15, 0.2) is 0 Å². The SMILES string of the molecule is COc1c(C)cc(C)cc1CCNC(=O)C1CC1. The van der Waals surface area contributed by atoms with E-state index in [4.69, 9.17) is 4.74 Å². The summed E-state index contributed by atoms with van der Waals surface area (Å²) in [6, 6.07) is 4.25. The van der Waals surface area contributed by atoms with E-state index in [1.165, 1.54) is 11.1 Å². The smallest absolute Gasteiger partial charge is 0.223 e. The number of hydrogen-bond acceptors (Lipinski definition) is 2. The van der Waals surface area contributed by atoms with Gasteiger partial charge in [-0.05, 0) is 44.2 Å². The van der Waals surface area contributed by atoms with Crippen molar-refractivity contribution >= 4 is 5.91 Å². The Morgan fingerprint density at radius 3 is 2.72 bits per heavy atom. The number of hydrogen-bond donors (Lipinski definition) is 1. The van der Waals surface area contributed by atoms with Crippen molar-refractivity contribution in [2.75, 3.05) is 13.7 Å². The molecule has 18 heavy (non-hydrogen) atoms. The van der Waals surface area contributed by atoms with Gasteiger partial charge in [0.1, 0.15) is 5.75 Å². The summed E-state index contributed by atoms with van der Waals surface area (Å²) in [6.45, 7) is 4.82. The molecular weight excluding hydrogens is 226 g/mol. The van der Waals surface area contributed by atoms with E-state index in [9.17, 15) is 4.79 Å². The number of ether oxygens (including phenoxy) is 1. The normalized spacial score (nSPS) is 14.4. The second-order valence-electron chi connectivity index (χ2n) is 5.09. The molecule has 1 amide bonds. The van der Waals surface area contributed by atoms with Crippen LogP contribution in [0.15, 0.2) is 12.1 Å². The molecule has 0 saturated heterocycles. The maximum absolute atomic E-state index is 11.5. The lowest BCUT2D eigenvalue weighted by Crippen LogP contribution is -2.27. The third-order valence-corrected chi connectivity index (χ3v) is 3.34. The summed E-state index contributed by atoms with van der Waals surface area (Å²) in [5.41, 5.74) is 3.56. The Hall–Kier alpha value is -1.51. The lowest BCUT2D eigenvalue weighted by molar-refractivity contribution is -0.122. The highest BCUT2D eigenvalue weighted by Gasteiger charge is 2.29. The van der Waals surface area contributed by atoms with Crippen LogP contribution in [0.4, 0.5) is 0 Å². The van der Waals surface area contributed by atoms with E-state index >= 15 is 0 Å². The van der Waals surface area contributed by atoms with Gasteiger partial charge in [-0.1, -0.05) is 17.7 Å². The molecule has 1 aromatic carbocycles. The molecule has 0 aromatic heterocycles. The number of carbonyl (C=O) groups is 1. The summed E-state index contributed by atoms with van der Waals surface area (Å²) in [6.07, 6.45) is 2.93. The Labute approximate surface area is 109 Å². The van der Waals surface area contributed by atoms with Crippen LogP contribution >= 0.6 is 0 Å². The van der Waals surface area contributed by atoms with Crippen LogP contribution < -0.4 is 10.1 Å². The van der Waals surface area contributed by atoms with Crippen molar-refractivity contribution < 1.29 is 9.53 Å². The van der Waals surface area contributed by atoms with E-state index in [0.717, 1.165) is 30.6 Å². The highest BCUT2D eigenvalue weighted by atomic mass is 16.5. The second-order valence-corrected chi connectivity index (χ2v) is 5.09. The Morgan fingerprint density at radius 1 is 1.39 bits per heavy atom. The summed E-state index contributed by atoms with van der Waals surface area (Å²) in [5, 5.41) is 2.99. The molecule has 1 saturated carbocycles. The number of carbonyl (C=O) groups excluding carboxylic acids is 1. The molecule has 1 fully saturated rings. The van der Waals surface area contributed by atoms with Gasteiger partial charge in [0.05, 0.1) is 7.11 Å². The fraction of sp³-hybridized carbons (Fsp3) is 0.533. The van der Waals surface area contributed by atoms with Crippen LogP contribution in [0.5, 0.6) is 5.75 Å². The first kappa shape index (κ1) is 12.9. The summed E-state index contributed by atoms with van der Waals surface area (Å²) >= 11 is 0. The maximum Gasteiger partial charge on any atom is 0.223 e. The van der Waals surface area contributed by atoms with Crippen molar-refractivity contribution in [3.8, 4) is 5.75 Å². The van der Waals surface area contributed by atoms with Crippen molar-refractivity contribution in [3.63, 3.8) is 0 Å². The van der Waals surface area contributed by atoms with Gasteiger partial charge in [0.2, 0.25) is 5.91 Å². The predicted octanol–water partition coefficient (Wildman–Crippen LogP) is 2.38. The summed E-state index contributed by atoms with van der Waals surface area (Å²) in [4.78, 5) is 11.5. The van der Waals surface area contributed by atoms with Gasteiger partial charge in [0, 0.05) is 12.5 Å². The third kappa shape index (κ3) is 3.03. The molecule has 0 atom stereocenters. The van der Waals surface area contributed by atoms with E-state index in [1.54, 1.807) is 7.11 Å². The Kier molecular flexibility index (Phi) is 3.90. The van der Waals surface area contributed by atoms with Gasteiger partial charge >= 0.3 is 0 Å². The fourth-order valence-corrected chi connectivity index (χ4v) is 2.33. The van der Waals surface area contributed by atoms with E-state index in [2.05, 4.69) is 31.3 Å². The molecule has 0 spiro atoms. The maximum atomic E-state index is 11.5. The zero-order valence-electron chi connectivity index (χ0n) is 11.4. The third-order valence-electron chi connectivity index (χ3n) is 3.34. The zero-order valence-corrected chi connectivity index (χ0v) is 11.4. The number of benzene rings is 1. The molecule has 3 nitrogen and oxygen atoms in total. The lowest BCUT2D eigenvalue weighted by Gasteiger charge is -2.13. The highest BCUT2D eigenvalue weighted by Crippen LogP contribution is 2.29. The van der Waals surface area contributed by atoms with Crippen LogP contribution in [0.2, 0.25) is 0 Å². The number of aryl methyl sites for hydroxylation is 2. The zero-order chi connectivity index (χ0) is 13.1. The molecular formula is C15H21NO2.